The van der Waals surface area contributed by atoms with Crippen LogP contribution in [0.3, 0.4) is 0 Å². The summed E-state index contributed by atoms with van der Waals surface area (Å²) in [6.45, 7) is 11.4. The van der Waals surface area contributed by atoms with Crippen molar-refractivity contribution in [2.45, 2.75) is 40.5 Å². The van der Waals surface area contributed by atoms with Crippen molar-refractivity contribution < 1.29 is 9.59 Å². The van der Waals surface area contributed by atoms with Crippen LogP contribution in [0.25, 0.3) is 0 Å². The number of hydrogen-bond donors (Lipinski definition) is 1. The third kappa shape index (κ3) is 5.76. The quantitative estimate of drug-likeness (QED) is 0.911. The monoisotopic (exact) mass is 345 g/mol. The Labute approximate surface area is 151 Å². The average molecular weight is 345 g/mol. The number of carbonyl (C=O) groups is 2. The molecule has 0 saturated carbocycles. The van der Waals surface area contributed by atoms with Gasteiger partial charge in [0.15, 0.2) is 0 Å². The lowest BCUT2D eigenvalue weighted by atomic mass is 9.97. The molecular formula is C20H31N3O2. The van der Waals surface area contributed by atoms with Crippen molar-refractivity contribution in [3.8, 4) is 0 Å². The molecule has 5 nitrogen and oxygen atoms in total. The Balaban J connectivity index is 1.84. The predicted molar refractivity (Wildman–Crippen MR) is 101 cm³/mol. The molecule has 1 aromatic rings. The molecule has 1 aliphatic heterocycles. The molecule has 0 radical (unpaired) electrons. The number of amides is 3. The Morgan fingerprint density at radius 1 is 1.00 bits per heavy atom. The molecule has 0 spiro atoms. The van der Waals surface area contributed by atoms with Gasteiger partial charge in [-0.25, -0.2) is 4.79 Å². The standard InChI is InChI=1S/C20H31N3O2/c1-5-6-16-7-9-17(10-8-16)18(24)22-11-13-23(14-12-22)19(25)21-15-20(2,3)4/h7-10H,5-6,11-15H2,1-4H3,(H,21,25). The average Bonchev–Trinajstić information content (AvgIpc) is 2.59. The molecule has 0 unspecified atom stereocenters. The summed E-state index contributed by atoms with van der Waals surface area (Å²) in [5.74, 6) is 0.0535. The molecular weight excluding hydrogens is 314 g/mol. The van der Waals surface area contributed by atoms with Gasteiger partial charge in [-0.3, -0.25) is 4.79 Å². The molecule has 2 rings (SSSR count). The molecule has 1 fully saturated rings. The second kappa shape index (κ2) is 8.37. The second-order valence-electron chi connectivity index (χ2n) is 7.95. The number of urea groups is 1. The third-order valence-electron chi connectivity index (χ3n) is 4.36. The largest absolute Gasteiger partial charge is 0.337 e. The Bertz CT molecular complexity index is 582. The van der Waals surface area contributed by atoms with Crippen LogP contribution < -0.4 is 5.32 Å². The van der Waals surface area contributed by atoms with Gasteiger partial charge in [0.1, 0.15) is 0 Å². The van der Waals surface area contributed by atoms with Gasteiger partial charge in [0.05, 0.1) is 0 Å². The number of rotatable bonds is 4. The van der Waals surface area contributed by atoms with E-state index >= 15 is 0 Å². The topological polar surface area (TPSA) is 52.7 Å². The van der Waals surface area contributed by atoms with Crippen LogP contribution in [0.2, 0.25) is 0 Å². The summed E-state index contributed by atoms with van der Waals surface area (Å²) in [7, 11) is 0. The van der Waals surface area contributed by atoms with E-state index in [9.17, 15) is 9.59 Å². The molecule has 1 N–H and O–H groups in total. The molecule has 1 heterocycles. The lowest BCUT2D eigenvalue weighted by Crippen LogP contribution is -2.53. The van der Waals surface area contributed by atoms with Crippen molar-refractivity contribution in [2.75, 3.05) is 32.7 Å². The van der Waals surface area contributed by atoms with Gasteiger partial charge in [-0.05, 0) is 29.5 Å². The summed E-state index contributed by atoms with van der Waals surface area (Å²) in [5, 5.41) is 2.97. The minimum Gasteiger partial charge on any atom is -0.337 e. The minimum atomic E-state index is -0.0362. The molecule has 1 aliphatic rings. The molecule has 1 saturated heterocycles. The van der Waals surface area contributed by atoms with E-state index in [2.05, 4.69) is 33.0 Å². The smallest absolute Gasteiger partial charge is 0.317 e. The molecule has 138 valence electrons. The lowest BCUT2D eigenvalue weighted by Gasteiger charge is -2.35. The maximum atomic E-state index is 12.6. The normalized spacial score (nSPS) is 15.2. The van der Waals surface area contributed by atoms with Gasteiger partial charge in [0, 0.05) is 38.3 Å². The summed E-state index contributed by atoms with van der Waals surface area (Å²) >= 11 is 0. The Morgan fingerprint density at radius 3 is 2.08 bits per heavy atom. The lowest BCUT2D eigenvalue weighted by molar-refractivity contribution is 0.0664. The van der Waals surface area contributed by atoms with E-state index in [4.69, 9.17) is 0 Å². The van der Waals surface area contributed by atoms with E-state index in [1.807, 2.05) is 29.2 Å². The van der Waals surface area contributed by atoms with Gasteiger partial charge >= 0.3 is 6.03 Å². The summed E-state index contributed by atoms with van der Waals surface area (Å²) < 4.78 is 0. The van der Waals surface area contributed by atoms with E-state index in [0.29, 0.717) is 32.7 Å². The predicted octanol–water partition coefficient (Wildman–Crippen LogP) is 3.15. The van der Waals surface area contributed by atoms with Crippen LogP contribution in [0, 0.1) is 5.41 Å². The fourth-order valence-corrected chi connectivity index (χ4v) is 2.85. The number of aryl methyl sites for hydroxylation is 1. The van der Waals surface area contributed by atoms with Crippen LogP contribution in [-0.2, 0) is 6.42 Å². The third-order valence-corrected chi connectivity index (χ3v) is 4.36. The summed E-state index contributed by atoms with van der Waals surface area (Å²) in [5.41, 5.74) is 2.06. The first-order chi connectivity index (χ1) is 11.8. The number of hydrogen-bond acceptors (Lipinski definition) is 2. The van der Waals surface area contributed by atoms with Gasteiger partial charge in [0.25, 0.3) is 5.91 Å². The fourth-order valence-electron chi connectivity index (χ4n) is 2.85. The molecule has 0 aliphatic carbocycles. The highest BCUT2D eigenvalue weighted by Crippen LogP contribution is 2.13. The first-order valence-corrected chi connectivity index (χ1v) is 9.21. The van der Waals surface area contributed by atoms with Crippen LogP contribution in [-0.4, -0.2) is 54.5 Å². The zero-order valence-electron chi connectivity index (χ0n) is 16.0. The van der Waals surface area contributed by atoms with Crippen LogP contribution >= 0.6 is 0 Å². The van der Waals surface area contributed by atoms with Crippen molar-refractivity contribution >= 4 is 11.9 Å². The number of piperazine rings is 1. The first kappa shape index (κ1) is 19.3. The van der Waals surface area contributed by atoms with Crippen LogP contribution in [0.1, 0.15) is 50.0 Å². The number of nitrogens with zero attached hydrogens (tertiary/aromatic N) is 2. The van der Waals surface area contributed by atoms with Crippen molar-refractivity contribution in [3.63, 3.8) is 0 Å². The van der Waals surface area contributed by atoms with E-state index in [0.717, 1.165) is 18.4 Å². The maximum Gasteiger partial charge on any atom is 0.317 e. The molecule has 3 amide bonds. The van der Waals surface area contributed by atoms with Crippen molar-refractivity contribution in [1.29, 1.82) is 0 Å². The van der Waals surface area contributed by atoms with E-state index in [1.54, 1.807) is 4.90 Å². The summed E-state index contributed by atoms with van der Waals surface area (Å²) in [4.78, 5) is 28.4. The van der Waals surface area contributed by atoms with Crippen molar-refractivity contribution in [3.05, 3.63) is 35.4 Å². The molecule has 0 atom stereocenters. The molecule has 25 heavy (non-hydrogen) atoms. The molecule has 0 bridgehead atoms. The van der Waals surface area contributed by atoms with Gasteiger partial charge in [-0.2, -0.15) is 0 Å². The van der Waals surface area contributed by atoms with Crippen LogP contribution in [0.15, 0.2) is 24.3 Å². The van der Waals surface area contributed by atoms with Crippen LogP contribution in [0.4, 0.5) is 4.79 Å². The zero-order chi connectivity index (χ0) is 18.4. The number of nitrogens with one attached hydrogen (secondary N) is 1. The summed E-state index contributed by atoms with van der Waals surface area (Å²) in [6, 6.07) is 7.86. The Hall–Kier alpha value is -2.04. The summed E-state index contributed by atoms with van der Waals surface area (Å²) in [6.07, 6.45) is 2.14. The fraction of sp³-hybridized carbons (Fsp3) is 0.600. The second-order valence-corrected chi connectivity index (χ2v) is 7.95. The Morgan fingerprint density at radius 2 is 1.56 bits per heavy atom. The highest BCUT2D eigenvalue weighted by molar-refractivity contribution is 5.94. The molecule has 1 aromatic carbocycles. The Kier molecular flexibility index (Phi) is 6.45. The highest BCUT2D eigenvalue weighted by atomic mass is 16.2. The molecule has 0 aromatic heterocycles. The van der Waals surface area contributed by atoms with Crippen molar-refractivity contribution in [2.24, 2.45) is 5.41 Å². The van der Waals surface area contributed by atoms with Gasteiger partial charge in [-0.15, -0.1) is 0 Å². The molecule has 5 heteroatoms. The van der Waals surface area contributed by atoms with E-state index in [-0.39, 0.29) is 17.4 Å². The van der Waals surface area contributed by atoms with Gasteiger partial charge in [0.2, 0.25) is 0 Å². The number of carbonyl (C=O) groups excluding carboxylic acids is 2. The SMILES string of the molecule is CCCc1ccc(C(=O)N2CCN(C(=O)NCC(C)(C)C)CC2)cc1. The highest BCUT2D eigenvalue weighted by Gasteiger charge is 2.25. The van der Waals surface area contributed by atoms with Gasteiger partial charge < -0.3 is 15.1 Å². The van der Waals surface area contributed by atoms with E-state index < -0.39 is 0 Å². The minimum absolute atomic E-state index is 0.0362. The zero-order valence-corrected chi connectivity index (χ0v) is 16.0. The van der Waals surface area contributed by atoms with Gasteiger partial charge in [-0.1, -0.05) is 46.2 Å². The van der Waals surface area contributed by atoms with E-state index in [1.165, 1.54) is 5.56 Å². The van der Waals surface area contributed by atoms with Crippen LogP contribution in [0.5, 0.6) is 0 Å². The number of benzene rings is 1. The van der Waals surface area contributed by atoms with Crippen molar-refractivity contribution in [1.82, 2.24) is 15.1 Å². The maximum absolute atomic E-state index is 12.6. The first-order valence-electron chi connectivity index (χ1n) is 9.21.